The lowest BCUT2D eigenvalue weighted by Crippen LogP contribution is -2.47. The van der Waals surface area contributed by atoms with Crippen molar-refractivity contribution < 1.29 is 9.90 Å². The Kier molecular flexibility index (Phi) is 7.13. The highest BCUT2D eigenvalue weighted by molar-refractivity contribution is 5.96. The van der Waals surface area contributed by atoms with Gasteiger partial charge in [-0.25, -0.2) is 9.78 Å². The summed E-state index contributed by atoms with van der Waals surface area (Å²) >= 11 is 0. The third-order valence-electron chi connectivity index (χ3n) is 8.20. The second-order valence-corrected chi connectivity index (χ2v) is 10.7. The first kappa shape index (κ1) is 25.9. The molecule has 0 atom stereocenters. The summed E-state index contributed by atoms with van der Waals surface area (Å²) in [5.74, 6) is -0.252. The average Bonchev–Trinajstić information content (AvgIpc) is 2.99. The van der Waals surface area contributed by atoms with Crippen LogP contribution in [0.5, 0.6) is 0 Å². The number of hydrogen-bond donors (Lipinski definition) is 2. The Hall–Kier alpha value is -4.37. The van der Waals surface area contributed by atoms with E-state index in [0.29, 0.717) is 11.1 Å². The first-order valence-corrected chi connectivity index (χ1v) is 13.9. The molecule has 2 aliphatic heterocycles. The third-order valence-corrected chi connectivity index (χ3v) is 8.20. The third kappa shape index (κ3) is 5.12. The van der Waals surface area contributed by atoms with Crippen molar-refractivity contribution in [2.45, 2.75) is 25.4 Å². The Labute approximate surface area is 233 Å². The molecule has 0 bridgehead atoms. The van der Waals surface area contributed by atoms with Crippen LogP contribution in [0.2, 0.25) is 0 Å². The van der Waals surface area contributed by atoms with Crippen molar-refractivity contribution in [3.63, 3.8) is 0 Å². The lowest BCUT2D eigenvalue weighted by atomic mass is 10.0. The first-order valence-electron chi connectivity index (χ1n) is 13.9. The summed E-state index contributed by atoms with van der Waals surface area (Å²) in [6.45, 7) is 5.82. The molecule has 4 aromatic rings. The lowest BCUT2D eigenvalue weighted by molar-refractivity contribution is 0.0694. The number of nitrogens with zero attached hydrogens (tertiary/aromatic N) is 5. The number of rotatable bonds is 6. The normalized spacial score (nSPS) is 16.9. The number of nitrogens with two attached hydrogens (primary N) is 1. The van der Waals surface area contributed by atoms with E-state index in [-0.39, 0.29) is 11.6 Å². The Balaban J connectivity index is 1.28. The van der Waals surface area contributed by atoms with E-state index in [1.165, 1.54) is 5.56 Å². The smallest absolute Gasteiger partial charge is 0.341 e. The van der Waals surface area contributed by atoms with Crippen LogP contribution in [0, 0.1) is 0 Å². The number of piperazine rings is 1. The molecule has 0 saturated carbocycles. The zero-order chi connectivity index (χ0) is 27.6. The maximum Gasteiger partial charge on any atom is 0.341 e. The molecule has 4 heterocycles. The van der Waals surface area contributed by atoms with E-state index in [4.69, 9.17) is 5.73 Å². The number of likely N-dealkylation sites (tertiary alicyclic amines) is 1. The molecule has 2 fully saturated rings. The van der Waals surface area contributed by atoms with Gasteiger partial charge in [-0.15, -0.1) is 0 Å². The SMILES string of the molecule is Nc1cc2c(=O)c(C(=O)O)cn(C3CCN(Cc4ccccc4)CC3)c2cc1N1CCN(c2ccccn2)CC1. The summed E-state index contributed by atoms with van der Waals surface area (Å²) in [6.07, 6.45) is 5.09. The standard InChI is InChI=1S/C31H34N6O3/c32-26-18-24-27(19-28(26)35-14-16-36(17-15-35)29-8-4-5-11-33-29)37(21-25(30(24)38)31(39)40)23-9-12-34(13-10-23)20-22-6-2-1-3-7-22/h1-8,11,18-19,21,23H,9-10,12-17,20,32H2,(H,39,40). The number of anilines is 3. The van der Waals surface area contributed by atoms with E-state index >= 15 is 0 Å². The van der Waals surface area contributed by atoms with Gasteiger partial charge in [-0.05, 0) is 42.7 Å². The topological polar surface area (TPSA) is 108 Å². The van der Waals surface area contributed by atoms with Gasteiger partial charge in [-0.3, -0.25) is 9.69 Å². The molecule has 40 heavy (non-hydrogen) atoms. The molecule has 0 spiro atoms. The molecule has 0 amide bonds. The predicted octanol–water partition coefficient (Wildman–Crippen LogP) is 3.84. The monoisotopic (exact) mass is 538 g/mol. The zero-order valence-corrected chi connectivity index (χ0v) is 22.4. The van der Waals surface area contributed by atoms with Gasteiger partial charge in [-0.2, -0.15) is 0 Å². The second-order valence-electron chi connectivity index (χ2n) is 10.7. The Bertz CT molecular complexity index is 1560. The summed E-state index contributed by atoms with van der Waals surface area (Å²) in [4.78, 5) is 36.7. The van der Waals surface area contributed by atoms with Gasteiger partial charge in [0.1, 0.15) is 11.4 Å². The highest BCUT2D eigenvalue weighted by Gasteiger charge is 2.26. The van der Waals surface area contributed by atoms with Gasteiger partial charge in [0.05, 0.1) is 16.9 Å². The molecule has 2 aromatic carbocycles. The van der Waals surface area contributed by atoms with Crippen molar-refractivity contribution in [2.75, 3.05) is 54.8 Å². The predicted molar refractivity (Wildman–Crippen MR) is 158 cm³/mol. The summed E-state index contributed by atoms with van der Waals surface area (Å²) in [5.41, 5.74) is 9.20. The van der Waals surface area contributed by atoms with Gasteiger partial charge in [0.25, 0.3) is 0 Å². The number of aromatic nitrogens is 2. The fraction of sp³-hybridized carbons (Fsp3) is 0.323. The molecule has 9 nitrogen and oxygen atoms in total. The summed E-state index contributed by atoms with van der Waals surface area (Å²) in [7, 11) is 0. The maximum absolute atomic E-state index is 13.2. The number of benzene rings is 2. The van der Waals surface area contributed by atoms with E-state index in [2.05, 4.69) is 43.9 Å². The van der Waals surface area contributed by atoms with Gasteiger partial charge >= 0.3 is 5.97 Å². The number of hydrogen-bond acceptors (Lipinski definition) is 7. The molecule has 2 aromatic heterocycles. The highest BCUT2D eigenvalue weighted by atomic mass is 16.4. The second kappa shape index (κ2) is 11.0. The quantitative estimate of drug-likeness (QED) is 0.357. The van der Waals surface area contributed by atoms with Gasteiger partial charge in [0.15, 0.2) is 0 Å². The minimum atomic E-state index is -1.21. The van der Waals surface area contributed by atoms with Crippen LogP contribution in [-0.4, -0.2) is 64.8 Å². The molecule has 2 aliphatic rings. The molecule has 3 N–H and O–H groups in total. The average molecular weight is 539 g/mol. The van der Waals surface area contributed by atoms with Crippen LogP contribution in [0.15, 0.2) is 77.9 Å². The molecular formula is C31H34N6O3. The number of fused-ring (bicyclic) bond motifs is 1. The molecule has 9 heteroatoms. The molecule has 0 aliphatic carbocycles. The maximum atomic E-state index is 13.2. The first-order chi connectivity index (χ1) is 19.5. The van der Waals surface area contributed by atoms with Crippen LogP contribution < -0.4 is 21.0 Å². The Morgan fingerprint density at radius 3 is 2.30 bits per heavy atom. The van der Waals surface area contributed by atoms with Crippen LogP contribution in [-0.2, 0) is 6.54 Å². The summed E-state index contributed by atoms with van der Waals surface area (Å²) in [5, 5.41) is 10.2. The van der Waals surface area contributed by atoms with Crippen LogP contribution in [0.3, 0.4) is 0 Å². The number of piperidine rings is 1. The van der Waals surface area contributed by atoms with Crippen LogP contribution in [0.25, 0.3) is 10.9 Å². The number of carboxylic acids is 1. The fourth-order valence-corrected chi connectivity index (χ4v) is 6.04. The van der Waals surface area contributed by atoms with Crippen molar-refractivity contribution in [1.29, 1.82) is 0 Å². The zero-order valence-electron chi connectivity index (χ0n) is 22.4. The van der Waals surface area contributed by atoms with Gasteiger partial charge in [0.2, 0.25) is 5.43 Å². The summed E-state index contributed by atoms with van der Waals surface area (Å²) in [6, 6.07) is 20.1. The minimum Gasteiger partial charge on any atom is -0.477 e. The van der Waals surface area contributed by atoms with Crippen molar-refractivity contribution in [1.82, 2.24) is 14.5 Å². The molecule has 206 valence electrons. The minimum absolute atomic E-state index is 0.0886. The molecule has 6 rings (SSSR count). The van der Waals surface area contributed by atoms with Crippen molar-refractivity contribution in [2.24, 2.45) is 0 Å². The number of carboxylic acid groups (broad SMARTS) is 1. The van der Waals surface area contributed by atoms with E-state index in [0.717, 1.165) is 75.7 Å². The summed E-state index contributed by atoms with van der Waals surface area (Å²) < 4.78 is 2.02. The number of pyridine rings is 2. The van der Waals surface area contributed by atoms with Crippen LogP contribution in [0.4, 0.5) is 17.2 Å². The Morgan fingerprint density at radius 1 is 0.925 bits per heavy atom. The van der Waals surface area contributed by atoms with Gasteiger partial charge in [-0.1, -0.05) is 36.4 Å². The fourth-order valence-electron chi connectivity index (χ4n) is 6.04. The van der Waals surface area contributed by atoms with Gasteiger partial charge in [0, 0.05) is 69.6 Å². The number of aromatic carboxylic acids is 1. The largest absolute Gasteiger partial charge is 0.477 e. The van der Waals surface area contributed by atoms with E-state index < -0.39 is 11.4 Å². The molecular weight excluding hydrogens is 504 g/mol. The molecule has 0 radical (unpaired) electrons. The Morgan fingerprint density at radius 2 is 1.62 bits per heavy atom. The van der Waals surface area contributed by atoms with E-state index in [1.807, 2.05) is 34.9 Å². The van der Waals surface area contributed by atoms with E-state index in [9.17, 15) is 14.7 Å². The lowest BCUT2D eigenvalue weighted by Gasteiger charge is -2.37. The molecule has 0 unspecified atom stereocenters. The number of carbonyl (C=O) groups is 1. The van der Waals surface area contributed by atoms with Crippen LogP contribution >= 0.6 is 0 Å². The number of nitrogen functional groups attached to an aromatic ring is 1. The van der Waals surface area contributed by atoms with Crippen molar-refractivity contribution in [3.05, 3.63) is 94.4 Å². The van der Waals surface area contributed by atoms with Crippen molar-refractivity contribution in [3.8, 4) is 0 Å². The van der Waals surface area contributed by atoms with Gasteiger partial charge < -0.3 is 25.2 Å². The van der Waals surface area contributed by atoms with E-state index in [1.54, 1.807) is 18.5 Å². The van der Waals surface area contributed by atoms with Crippen molar-refractivity contribution >= 4 is 34.1 Å². The highest BCUT2D eigenvalue weighted by Crippen LogP contribution is 2.33. The van der Waals surface area contributed by atoms with Crippen LogP contribution in [0.1, 0.15) is 34.8 Å². The molecule has 2 saturated heterocycles.